The number of amides is 4. The van der Waals surface area contributed by atoms with Crippen molar-refractivity contribution in [2.75, 3.05) is 19.6 Å². The van der Waals surface area contributed by atoms with Crippen molar-refractivity contribution in [3.05, 3.63) is 57.1 Å². The summed E-state index contributed by atoms with van der Waals surface area (Å²) >= 11 is 2.08. The lowest BCUT2D eigenvalue weighted by Gasteiger charge is -2.23. The standard InChI is InChI=1S/C23H21F2N3O5S2/c24-22(25)33-15-7-5-14(6-8-15)13-18-21(31)28(23(32)35-18)11-9-26-19(29)16-3-1-10-27(16)20(30)17-4-2-12-34-17/h2,4-8,12-13,16,22H,1,3,9-11H2,(H,26,29)/b18-13+/t16-/m0/s1. The Morgan fingerprint density at radius 2 is 1.97 bits per heavy atom. The molecule has 0 bridgehead atoms. The predicted octanol–water partition coefficient (Wildman–Crippen LogP) is 3.81. The van der Waals surface area contributed by atoms with Crippen molar-refractivity contribution in [2.45, 2.75) is 25.5 Å². The van der Waals surface area contributed by atoms with Gasteiger partial charge in [-0.2, -0.15) is 8.78 Å². The fourth-order valence-electron chi connectivity index (χ4n) is 3.82. The van der Waals surface area contributed by atoms with Crippen LogP contribution in [0, 0.1) is 0 Å². The first-order valence-corrected chi connectivity index (χ1v) is 12.5. The number of nitrogens with one attached hydrogen (secondary N) is 1. The molecular weight excluding hydrogens is 500 g/mol. The van der Waals surface area contributed by atoms with E-state index in [0.717, 1.165) is 23.1 Å². The van der Waals surface area contributed by atoms with Crippen molar-refractivity contribution in [3.63, 3.8) is 0 Å². The second-order valence-electron chi connectivity index (χ2n) is 7.71. The molecule has 12 heteroatoms. The molecule has 2 aliphatic heterocycles. The molecule has 4 rings (SSSR count). The number of carbonyl (C=O) groups excluding carboxylic acids is 4. The van der Waals surface area contributed by atoms with E-state index in [9.17, 15) is 28.0 Å². The minimum Gasteiger partial charge on any atom is -0.435 e. The van der Waals surface area contributed by atoms with Crippen LogP contribution in [-0.2, 0) is 9.59 Å². The number of likely N-dealkylation sites (tertiary alicyclic amines) is 1. The van der Waals surface area contributed by atoms with E-state index in [1.165, 1.54) is 41.7 Å². The summed E-state index contributed by atoms with van der Waals surface area (Å²) in [6.07, 6.45) is 2.76. The van der Waals surface area contributed by atoms with E-state index in [1.807, 2.05) is 0 Å². The Balaban J connectivity index is 1.31. The van der Waals surface area contributed by atoms with Crippen molar-refractivity contribution in [1.29, 1.82) is 0 Å². The average molecular weight is 522 g/mol. The summed E-state index contributed by atoms with van der Waals surface area (Å²) in [4.78, 5) is 53.7. The van der Waals surface area contributed by atoms with Crippen LogP contribution in [0.2, 0.25) is 0 Å². The van der Waals surface area contributed by atoms with Crippen LogP contribution in [0.3, 0.4) is 0 Å². The van der Waals surface area contributed by atoms with Gasteiger partial charge in [0.2, 0.25) is 5.91 Å². The van der Waals surface area contributed by atoms with E-state index in [-0.39, 0.29) is 35.6 Å². The Kier molecular flexibility index (Phi) is 7.81. The Bertz CT molecular complexity index is 1140. The van der Waals surface area contributed by atoms with E-state index in [0.29, 0.717) is 23.4 Å². The quantitative estimate of drug-likeness (QED) is 0.531. The number of imide groups is 1. The molecule has 0 aliphatic carbocycles. The van der Waals surface area contributed by atoms with Crippen LogP contribution in [0.1, 0.15) is 28.1 Å². The van der Waals surface area contributed by atoms with Crippen molar-refractivity contribution in [2.24, 2.45) is 0 Å². The number of carbonyl (C=O) groups is 4. The largest absolute Gasteiger partial charge is 0.435 e. The number of alkyl halides is 2. The highest BCUT2D eigenvalue weighted by atomic mass is 32.2. The summed E-state index contributed by atoms with van der Waals surface area (Å²) in [5.41, 5.74) is 0.544. The topological polar surface area (TPSA) is 96.0 Å². The molecule has 184 valence electrons. The first-order chi connectivity index (χ1) is 16.8. The molecule has 2 aliphatic rings. The van der Waals surface area contributed by atoms with E-state index < -0.39 is 23.8 Å². The van der Waals surface area contributed by atoms with Crippen molar-refractivity contribution < 1.29 is 32.7 Å². The molecule has 2 aromatic rings. The van der Waals surface area contributed by atoms with Crippen LogP contribution in [0.25, 0.3) is 6.08 Å². The highest BCUT2D eigenvalue weighted by Gasteiger charge is 2.37. The van der Waals surface area contributed by atoms with E-state index in [2.05, 4.69) is 10.1 Å². The summed E-state index contributed by atoms with van der Waals surface area (Å²) in [7, 11) is 0. The molecule has 0 radical (unpaired) electrons. The van der Waals surface area contributed by atoms with Crippen molar-refractivity contribution in [1.82, 2.24) is 15.1 Å². The van der Waals surface area contributed by atoms with Gasteiger partial charge in [-0.3, -0.25) is 24.1 Å². The zero-order chi connectivity index (χ0) is 24.9. The van der Waals surface area contributed by atoms with Crippen LogP contribution in [0.4, 0.5) is 13.6 Å². The Labute approximate surface area is 207 Å². The number of hydrogen-bond acceptors (Lipinski definition) is 7. The minimum absolute atomic E-state index is 0.0134. The van der Waals surface area contributed by atoms with Gasteiger partial charge in [0.25, 0.3) is 17.1 Å². The molecule has 2 saturated heterocycles. The molecule has 8 nitrogen and oxygen atoms in total. The van der Waals surface area contributed by atoms with Gasteiger partial charge in [0.1, 0.15) is 11.8 Å². The van der Waals surface area contributed by atoms with Gasteiger partial charge in [-0.25, -0.2) is 0 Å². The van der Waals surface area contributed by atoms with E-state index in [1.54, 1.807) is 22.4 Å². The lowest BCUT2D eigenvalue weighted by atomic mass is 10.2. The molecule has 4 amide bonds. The van der Waals surface area contributed by atoms with Crippen LogP contribution in [0.15, 0.2) is 46.7 Å². The number of hydrogen-bond donors (Lipinski definition) is 1. The molecule has 1 aromatic heterocycles. The lowest BCUT2D eigenvalue weighted by Crippen LogP contribution is -2.47. The van der Waals surface area contributed by atoms with E-state index in [4.69, 9.17) is 0 Å². The second-order valence-corrected chi connectivity index (χ2v) is 9.65. The Morgan fingerprint density at radius 1 is 1.20 bits per heavy atom. The van der Waals surface area contributed by atoms with Gasteiger partial charge >= 0.3 is 6.61 Å². The minimum atomic E-state index is -2.93. The van der Waals surface area contributed by atoms with Crippen LogP contribution in [0.5, 0.6) is 5.75 Å². The molecule has 3 heterocycles. The maximum absolute atomic E-state index is 12.7. The third-order valence-corrected chi connectivity index (χ3v) is 7.22. The molecule has 0 unspecified atom stereocenters. The van der Waals surface area contributed by atoms with Gasteiger partial charge in [-0.15, -0.1) is 11.3 Å². The number of halogens is 2. The molecule has 1 N–H and O–H groups in total. The molecule has 35 heavy (non-hydrogen) atoms. The van der Waals surface area contributed by atoms with Gasteiger partial charge in [0.05, 0.1) is 9.78 Å². The third kappa shape index (κ3) is 5.88. The summed E-state index contributed by atoms with van der Waals surface area (Å²) < 4.78 is 28.8. The zero-order valence-electron chi connectivity index (χ0n) is 18.3. The summed E-state index contributed by atoms with van der Waals surface area (Å²) in [6.45, 7) is -2.39. The fraction of sp³-hybridized carbons (Fsp3) is 0.304. The van der Waals surface area contributed by atoms with Gasteiger partial charge in [0, 0.05) is 19.6 Å². The number of nitrogens with zero attached hydrogens (tertiary/aromatic N) is 2. The smallest absolute Gasteiger partial charge is 0.387 e. The van der Waals surface area contributed by atoms with Gasteiger partial charge in [-0.1, -0.05) is 18.2 Å². The van der Waals surface area contributed by atoms with Gasteiger partial charge in [0.15, 0.2) is 0 Å². The Morgan fingerprint density at radius 3 is 2.66 bits per heavy atom. The zero-order valence-corrected chi connectivity index (χ0v) is 20.0. The summed E-state index contributed by atoms with van der Waals surface area (Å²) in [5.74, 6) is -1.01. The highest BCUT2D eigenvalue weighted by molar-refractivity contribution is 8.18. The number of benzene rings is 1. The van der Waals surface area contributed by atoms with E-state index >= 15 is 0 Å². The molecule has 1 atom stereocenters. The summed E-state index contributed by atoms with van der Waals surface area (Å²) in [5, 5.41) is 4.07. The van der Waals surface area contributed by atoms with Crippen LogP contribution >= 0.6 is 23.1 Å². The molecule has 0 saturated carbocycles. The predicted molar refractivity (Wildman–Crippen MR) is 127 cm³/mol. The van der Waals surface area contributed by atoms with Crippen LogP contribution in [-0.4, -0.2) is 65.0 Å². The summed E-state index contributed by atoms with van der Waals surface area (Å²) in [6, 6.07) is 8.59. The second kappa shape index (κ2) is 11.0. The normalized spacial score (nSPS) is 19.2. The first-order valence-electron chi connectivity index (χ1n) is 10.8. The van der Waals surface area contributed by atoms with Gasteiger partial charge < -0.3 is 15.0 Å². The molecule has 1 aromatic carbocycles. The van der Waals surface area contributed by atoms with Gasteiger partial charge in [-0.05, 0) is 59.8 Å². The van der Waals surface area contributed by atoms with Crippen LogP contribution < -0.4 is 10.1 Å². The number of thioether (sulfide) groups is 1. The number of thiophene rings is 1. The number of ether oxygens (including phenoxy) is 1. The first kappa shape index (κ1) is 24.9. The SMILES string of the molecule is O=C(NCCN1C(=O)S/C(=C/c2ccc(OC(F)F)cc2)C1=O)[C@@H]1CCCN1C(=O)c1cccs1. The van der Waals surface area contributed by atoms with Crippen molar-refractivity contribution >= 4 is 52.1 Å². The lowest BCUT2D eigenvalue weighted by molar-refractivity contribution is -0.126. The van der Waals surface area contributed by atoms with Crippen molar-refractivity contribution in [3.8, 4) is 5.75 Å². The Hall–Kier alpha value is -3.25. The maximum Gasteiger partial charge on any atom is 0.387 e. The molecule has 2 fully saturated rings. The molecular formula is C23H21F2N3O5S2. The average Bonchev–Trinajstić information content (AvgIpc) is 3.58. The fourth-order valence-corrected chi connectivity index (χ4v) is 5.37. The maximum atomic E-state index is 12.7. The highest BCUT2D eigenvalue weighted by Crippen LogP contribution is 2.32. The monoisotopic (exact) mass is 521 g/mol. The number of rotatable bonds is 8. The third-order valence-electron chi connectivity index (χ3n) is 5.46. The molecule has 0 spiro atoms.